The molecule has 2 aliphatic heterocycles. The van der Waals surface area contributed by atoms with Crippen LogP contribution in [0.3, 0.4) is 0 Å². The Labute approximate surface area is 98.6 Å². The van der Waals surface area contributed by atoms with E-state index in [0.29, 0.717) is 6.42 Å². The summed E-state index contributed by atoms with van der Waals surface area (Å²) in [6.45, 7) is 2.04. The molecule has 6 heteroatoms. The first-order chi connectivity index (χ1) is 7.97. The third kappa shape index (κ3) is 2.00. The van der Waals surface area contributed by atoms with Gasteiger partial charge in [-0.1, -0.05) is 0 Å². The van der Waals surface area contributed by atoms with Gasteiger partial charge >= 0.3 is 0 Å². The Kier molecular flexibility index (Phi) is 3.04. The van der Waals surface area contributed by atoms with E-state index < -0.39 is 30.5 Å². The Bertz CT molecular complexity index is 360. The fraction of sp³-hybridized carbons (Fsp3) is 0.818. The summed E-state index contributed by atoms with van der Waals surface area (Å²) < 4.78 is 27.0. The average Bonchev–Trinajstić information content (AvgIpc) is 2.86. The van der Waals surface area contributed by atoms with Crippen molar-refractivity contribution < 1.29 is 13.6 Å². The molecule has 17 heavy (non-hydrogen) atoms. The van der Waals surface area contributed by atoms with Gasteiger partial charge in [-0.2, -0.15) is 5.26 Å². The van der Waals surface area contributed by atoms with Crippen LogP contribution in [0.5, 0.6) is 0 Å². The summed E-state index contributed by atoms with van der Waals surface area (Å²) >= 11 is 0. The molecule has 2 heterocycles. The first-order valence-electron chi connectivity index (χ1n) is 5.80. The number of rotatable bonds is 1. The second-order valence-electron chi connectivity index (χ2n) is 4.68. The lowest BCUT2D eigenvalue weighted by Gasteiger charge is -2.28. The number of likely N-dealkylation sites (tertiary alicyclic amines) is 1. The zero-order valence-electron chi connectivity index (χ0n) is 9.62. The monoisotopic (exact) mass is 243 g/mol. The number of carbonyl (C=O) groups excluding carboxylic acids is 1. The summed E-state index contributed by atoms with van der Waals surface area (Å²) in [5.41, 5.74) is 0. The average molecular weight is 243 g/mol. The molecule has 0 aromatic rings. The molecule has 0 aliphatic carbocycles. The number of alkyl halides is 2. The van der Waals surface area contributed by atoms with Gasteiger partial charge in [-0.05, 0) is 26.3 Å². The Morgan fingerprint density at radius 3 is 2.82 bits per heavy atom. The van der Waals surface area contributed by atoms with Crippen molar-refractivity contribution in [3.63, 3.8) is 0 Å². The van der Waals surface area contributed by atoms with Gasteiger partial charge in [0, 0.05) is 6.42 Å². The molecule has 2 fully saturated rings. The van der Waals surface area contributed by atoms with E-state index in [-0.39, 0.29) is 5.91 Å². The first kappa shape index (κ1) is 12.2. The van der Waals surface area contributed by atoms with Gasteiger partial charge in [-0.3, -0.25) is 4.79 Å². The highest BCUT2D eigenvalue weighted by molar-refractivity contribution is 5.83. The van der Waals surface area contributed by atoms with Crippen LogP contribution >= 0.6 is 0 Å². The van der Waals surface area contributed by atoms with E-state index >= 15 is 0 Å². The summed E-state index contributed by atoms with van der Waals surface area (Å²) in [7, 11) is 0. The number of amides is 1. The predicted octanol–water partition coefficient (Wildman–Crippen LogP) is 0.887. The minimum absolute atomic E-state index is 0.362. The molecule has 0 saturated carbocycles. The Morgan fingerprint density at radius 1 is 1.59 bits per heavy atom. The second-order valence-corrected chi connectivity index (χ2v) is 4.68. The van der Waals surface area contributed by atoms with Crippen molar-refractivity contribution in [3.05, 3.63) is 0 Å². The molecule has 0 spiro atoms. The van der Waals surface area contributed by atoms with Gasteiger partial charge in [-0.25, -0.2) is 8.78 Å². The number of hydrogen-bond donors (Lipinski definition) is 1. The van der Waals surface area contributed by atoms with Crippen LogP contribution in [-0.4, -0.2) is 41.4 Å². The molecule has 0 bridgehead atoms. The lowest BCUT2D eigenvalue weighted by Crippen LogP contribution is -2.50. The standard InChI is InChI=1S/C11H15F2N3O/c1-7-11(12,13)5-8(6-14)16(7)10(17)9-3-2-4-15-9/h7-9,15H,2-5H2,1H3/t7-,8-,9?/m0/s1. The molecule has 2 saturated heterocycles. The van der Waals surface area contributed by atoms with Crippen LogP contribution in [0.2, 0.25) is 0 Å². The van der Waals surface area contributed by atoms with E-state index in [1.807, 2.05) is 0 Å². The Morgan fingerprint density at radius 2 is 2.29 bits per heavy atom. The highest BCUT2D eigenvalue weighted by Crippen LogP contribution is 2.38. The van der Waals surface area contributed by atoms with Gasteiger partial charge in [0.2, 0.25) is 5.91 Å². The largest absolute Gasteiger partial charge is 0.316 e. The number of nitrogens with zero attached hydrogens (tertiary/aromatic N) is 2. The summed E-state index contributed by atoms with van der Waals surface area (Å²) in [5, 5.41) is 11.9. The molecule has 3 atom stereocenters. The van der Waals surface area contributed by atoms with Gasteiger partial charge in [0.25, 0.3) is 5.92 Å². The Hall–Kier alpha value is -1.22. The SMILES string of the molecule is C[C@@H]1N(C(=O)C2CCCN2)[C@H](C#N)CC1(F)F. The molecule has 4 nitrogen and oxygen atoms in total. The number of nitriles is 1. The molecular weight excluding hydrogens is 228 g/mol. The zero-order chi connectivity index (χ0) is 12.6. The lowest BCUT2D eigenvalue weighted by molar-refractivity contribution is -0.137. The quantitative estimate of drug-likeness (QED) is 0.744. The maximum Gasteiger partial charge on any atom is 0.270 e. The van der Waals surface area contributed by atoms with Gasteiger partial charge in [0.15, 0.2) is 0 Å². The molecule has 0 radical (unpaired) electrons. The van der Waals surface area contributed by atoms with Crippen molar-refractivity contribution in [1.29, 1.82) is 5.26 Å². The van der Waals surface area contributed by atoms with E-state index in [2.05, 4.69) is 5.32 Å². The smallest absolute Gasteiger partial charge is 0.270 e. The summed E-state index contributed by atoms with van der Waals surface area (Å²) in [4.78, 5) is 13.2. The number of nitrogens with one attached hydrogen (secondary N) is 1. The van der Waals surface area contributed by atoms with E-state index in [0.717, 1.165) is 17.9 Å². The van der Waals surface area contributed by atoms with E-state index in [1.165, 1.54) is 6.92 Å². The third-order valence-electron chi connectivity index (χ3n) is 3.59. The van der Waals surface area contributed by atoms with Crippen LogP contribution in [0.1, 0.15) is 26.2 Å². The highest BCUT2D eigenvalue weighted by Gasteiger charge is 2.54. The van der Waals surface area contributed by atoms with E-state index in [4.69, 9.17) is 5.26 Å². The maximum atomic E-state index is 13.5. The maximum absolute atomic E-state index is 13.5. The van der Waals surface area contributed by atoms with Crippen LogP contribution in [-0.2, 0) is 4.79 Å². The molecule has 1 unspecified atom stereocenters. The zero-order valence-corrected chi connectivity index (χ0v) is 9.62. The molecular formula is C11H15F2N3O. The molecule has 0 aromatic heterocycles. The van der Waals surface area contributed by atoms with E-state index in [1.54, 1.807) is 6.07 Å². The molecule has 94 valence electrons. The second kappa shape index (κ2) is 4.22. The highest BCUT2D eigenvalue weighted by atomic mass is 19.3. The summed E-state index contributed by atoms with van der Waals surface area (Å²) in [6.07, 6.45) is 0.973. The van der Waals surface area contributed by atoms with Crippen molar-refractivity contribution in [3.8, 4) is 6.07 Å². The van der Waals surface area contributed by atoms with Crippen LogP contribution in [0, 0.1) is 11.3 Å². The van der Waals surface area contributed by atoms with E-state index in [9.17, 15) is 13.6 Å². The van der Waals surface area contributed by atoms with Gasteiger partial charge < -0.3 is 10.2 Å². The van der Waals surface area contributed by atoms with Crippen molar-refractivity contribution in [2.24, 2.45) is 0 Å². The molecule has 2 rings (SSSR count). The Balaban J connectivity index is 2.18. The molecule has 0 aromatic carbocycles. The predicted molar refractivity (Wildman–Crippen MR) is 56.3 cm³/mol. The number of hydrogen-bond acceptors (Lipinski definition) is 3. The first-order valence-corrected chi connectivity index (χ1v) is 5.80. The van der Waals surface area contributed by atoms with Crippen LogP contribution in [0.4, 0.5) is 8.78 Å². The van der Waals surface area contributed by atoms with Crippen molar-refractivity contribution in [2.75, 3.05) is 6.54 Å². The number of carbonyl (C=O) groups is 1. The van der Waals surface area contributed by atoms with Gasteiger partial charge in [0.1, 0.15) is 6.04 Å². The number of halogens is 2. The van der Waals surface area contributed by atoms with Crippen LogP contribution in [0.15, 0.2) is 0 Å². The fourth-order valence-corrected chi connectivity index (χ4v) is 2.53. The third-order valence-corrected chi connectivity index (χ3v) is 3.59. The minimum atomic E-state index is -2.96. The lowest BCUT2D eigenvalue weighted by atomic mass is 10.1. The van der Waals surface area contributed by atoms with Gasteiger partial charge in [-0.15, -0.1) is 0 Å². The van der Waals surface area contributed by atoms with Gasteiger partial charge in [0.05, 0.1) is 18.2 Å². The summed E-state index contributed by atoms with van der Waals surface area (Å²) in [5.74, 6) is -3.33. The van der Waals surface area contributed by atoms with Crippen LogP contribution < -0.4 is 5.32 Å². The normalized spacial score (nSPS) is 35.9. The van der Waals surface area contributed by atoms with Crippen molar-refractivity contribution >= 4 is 5.91 Å². The topological polar surface area (TPSA) is 56.1 Å². The van der Waals surface area contributed by atoms with Crippen molar-refractivity contribution in [2.45, 2.75) is 50.2 Å². The molecule has 1 N–H and O–H groups in total. The summed E-state index contributed by atoms with van der Waals surface area (Å²) in [6, 6.07) is -0.796. The van der Waals surface area contributed by atoms with Crippen LogP contribution in [0.25, 0.3) is 0 Å². The minimum Gasteiger partial charge on any atom is -0.316 e. The molecule has 1 amide bonds. The van der Waals surface area contributed by atoms with Crippen molar-refractivity contribution in [1.82, 2.24) is 10.2 Å². The molecule has 2 aliphatic rings. The fourth-order valence-electron chi connectivity index (χ4n) is 2.53.